The molecule has 2 N–H and O–H groups in total. The summed E-state index contributed by atoms with van der Waals surface area (Å²) in [5, 5.41) is 0. The molecule has 2 saturated carbocycles. The van der Waals surface area contributed by atoms with Gasteiger partial charge in [-0.2, -0.15) is 0 Å². The summed E-state index contributed by atoms with van der Waals surface area (Å²) < 4.78 is 12.4. The largest absolute Gasteiger partial charge is 0.492 e. The first kappa shape index (κ1) is 14.2. The van der Waals surface area contributed by atoms with Crippen molar-refractivity contribution in [3.8, 4) is 11.5 Å². The highest BCUT2D eigenvalue weighted by Crippen LogP contribution is 2.47. The molecule has 0 atom stereocenters. The Hall–Kier alpha value is -0.740. The van der Waals surface area contributed by atoms with Crippen molar-refractivity contribution < 1.29 is 9.47 Å². The molecule has 2 fully saturated rings. The number of rotatable bonds is 6. The molecule has 0 bridgehead atoms. The lowest BCUT2D eigenvalue weighted by Crippen LogP contribution is -2.41. The van der Waals surface area contributed by atoms with Crippen LogP contribution in [0.25, 0.3) is 0 Å². The Kier molecular flexibility index (Phi) is 3.95. The second-order valence-corrected chi connectivity index (χ2v) is 6.94. The van der Waals surface area contributed by atoms with Crippen LogP contribution in [-0.2, 0) is 5.41 Å². The van der Waals surface area contributed by atoms with Crippen LogP contribution in [0.2, 0.25) is 0 Å². The summed E-state index contributed by atoms with van der Waals surface area (Å²) in [5.74, 6) is 2.37. The normalized spacial score (nSPS) is 20.4. The zero-order valence-electron chi connectivity index (χ0n) is 12.0. The molecule has 0 saturated heterocycles. The van der Waals surface area contributed by atoms with E-state index in [0.717, 1.165) is 28.5 Å². The molecular weight excluding hydrogens is 318 g/mol. The Morgan fingerprint density at radius 1 is 1.35 bits per heavy atom. The summed E-state index contributed by atoms with van der Waals surface area (Å²) in [4.78, 5) is 0. The Labute approximate surface area is 129 Å². The molecule has 0 aromatic heterocycles. The third-order valence-corrected chi connectivity index (χ3v) is 5.29. The van der Waals surface area contributed by atoms with Crippen LogP contribution in [-0.4, -0.2) is 20.3 Å². The fraction of sp³-hybridized carbons (Fsp3) is 0.625. The molecule has 2 aliphatic rings. The number of benzene rings is 1. The Morgan fingerprint density at radius 3 is 2.60 bits per heavy atom. The molecule has 1 aromatic carbocycles. The van der Waals surface area contributed by atoms with Gasteiger partial charge in [0.05, 0.1) is 18.2 Å². The van der Waals surface area contributed by atoms with E-state index in [4.69, 9.17) is 15.2 Å². The highest BCUT2D eigenvalue weighted by atomic mass is 79.9. The van der Waals surface area contributed by atoms with E-state index in [1.807, 2.05) is 0 Å². The summed E-state index contributed by atoms with van der Waals surface area (Å²) in [5.41, 5.74) is 7.44. The second-order valence-electron chi connectivity index (χ2n) is 6.08. The highest BCUT2D eigenvalue weighted by molar-refractivity contribution is 9.10. The SMILES string of the molecule is COc1c(Br)cc(C2(CN)CCC2)cc1OCC1CC1. The molecule has 4 heteroatoms. The molecule has 0 aliphatic heterocycles. The van der Waals surface area contributed by atoms with Gasteiger partial charge in [-0.1, -0.05) is 6.42 Å². The van der Waals surface area contributed by atoms with Gasteiger partial charge in [0, 0.05) is 12.0 Å². The summed E-state index contributed by atoms with van der Waals surface area (Å²) in [6.45, 7) is 1.50. The first-order valence-corrected chi connectivity index (χ1v) is 8.19. The molecule has 1 aromatic rings. The van der Waals surface area contributed by atoms with E-state index in [-0.39, 0.29) is 5.41 Å². The monoisotopic (exact) mass is 339 g/mol. The minimum atomic E-state index is 0.145. The van der Waals surface area contributed by atoms with Crippen molar-refractivity contribution in [2.45, 2.75) is 37.5 Å². The Bertz CT molecular complexity index is 490. The van der Waals surface area contributed by atoms with E-state index < -0.39 is 0 Å². The van der Waals surface area contributed by atoms with Gasteiger partial charge < -0.3 is 15.2 Å². The van der Waals surface area contributed by atoms with Crippen molar-refractivity contribution in [2.24, 2.45) is 11.7 Å². The zero-order valence-corrected chi connectivity index (χ0v) is 13.5. The molecule has 2 aliphatic carbocycles. The maximum atomic E-state index is 6.02. The van der Waals surface area contributed by atoms with Crippen LogP contribution >= 0.6 is 15.9 Å². The summed E-state index contributed by atoms with van der Waals surface area (Å²) in [7, 11) is 1.69. The van der Waals surface area contributed by atoms with Gasteiger partial charge in [-0.15, -0.1) is 0 Å². The molecular formula is C16H22BrNO2. The second kappa shape index (κ2) is 5.57. The Morgan fingerprint density at radius 2 is 2.10 bits per heavy atom. The molecule has 3 nitrogen and oxygen atoms in total. The van der Waals surface area contributed by atoms with Gasteiger partial charge in [0.2, 0.25) is 0 Å². The first-order chi connectivity index (χ1) is 9.68. The van der Waals surface area contributed by atoms with Gasteiger partial charge in [0.1, 0.15) is 0 Å². The predicted molar refractivity (Wildman–Crippen MR) is 83.5 cm³/mol. The lowest BCUT2D eigenvalue weighted by Gasteiger charge is -2.41. The van der Waals surface area contributed by atoms with E-state index in [1.54, 1.807) is 7.11 Å². The van der Waals surface area contributed by atoms with E-state index in [1.165, 1.54) is 37.7 Å². The molecule has 0 amide bonds. The number of halogens is 1. The topological polar surface area (TPSA) is 44.5 Å². The number of methoxy groups -OCH3 is 1. The lowest BCUT2D eigenvalue weighted by atomic mass is 9.64. The van der Waals surface area contributed by atoms with Crippen LogP contribution < -0.4 is 15.2 Å². The van der Waals surface area contributed by atoms with Crippen LogP contribution in [0, 0.1) is 5.92 Å². The first-order valence-electron chi connectivity index (χ1n) is 7.39. The number of nitrogens with two attached hydrogens (primary N) is 1. The number of hydrogen-bond donors (Lipinski definition) is 1. The quantitative estimate of drug-likeness (QED) is 0.860. The highest BCUT2D eigenvalue weighted by Gasteiger charge is 2.38. The van der Waals surface area contributed by atoms with Crippen LogP contribution in [0.3, 0.4) is 0 Å². The van der Waals surface area contributed by atoms with Crippen LogP contribution in [0.1, 0.15) is 37.7 Å². The number of hydrogen-bond acceptors (Lipinski definition) is 3. The van der Waals surface area contributed by atoms with Crippen LogP contribution in [0.15, 0.2) is 16.6 Å². The molecule has 20 heavy (non-hydrogen) atoms. The third kappa shape index (κ3) is 2.56. The average molecular weight is 340 g/mol. The van der Waals surface area contributed by atoms with Crippen molar-refractivity contribution in [3.63, 3.8) is 0 Å². The fourth-order valence-electron chi connectivity index (χ4n) is 2.89. The van der Waals surface area contributed by atoms with Crippen molar-refractivity contribution in [2.75, 3.05) is 20.3 Å². The lowest BCUT2D eigenvalue weighted by molar-refractivity contribution is 0.247. The summed E-state index contributed by atoms with van der Waals surface area (Å²) >= 11 is 3.61. The van der Waals surface area contributed by atoms with Crippen molar-refractivity contribution in [1.82, 2.24) is 0 Å². The van der Waals surface area contributed by atoms with Crippen LogP contribution in [0.4, 0.5) is 0 Å². The molecule has 0 unspecified atom stereocenters. The smallest absolute Gasteiger partial charge is 0.174 e. The number of ether oxygens (including phenoxy) is 2. The van der Waals surface area contributed by atoms with Crippen LogP contribution in [0.5, 0.6) is 11.5 Å². The average Bonchev–Trinajstić information content (AvgIpc) is 3.19. The third-order valence-electron chi connectivity index (χ3n) is 4.70. The maximum Gasteiger partial charge on any atom is 0.174 e. The van der Waals surface area contributed by atoms with E-state index >= 15 is 0 Å². The standard InChI is InChI=1S/C16H22BrNO2/c1-19-15-13(17)7-12(16(10-18)5-2-6-16)8-14(15)20-9-11-3-4-11/h7-8,11H,2-6,9-10,18H2,1H3. The van der Waals surface area contributed by atoms with Gasteiger partial charge >= 0.3 is 0 Å². The van der Waals surface area contributed by atoms with Crippen molar-refractivity contribution in [3.05, 3.63) is 22.2 Å². The molecule has 0 radical (unpaired) electrons. The molecule has 110 valence electrons. The minimum Gasteiger partial charge on any atom is -0.492 e. The van der Waals surface area contributed by atoms with E-state index in [2.05, 4.69) is 28.1 Å². The van der Waals surface area contributed by atoms with E-state index in [9.17, 15) is 0 Å². The van der Waals surface area contributed by atoms with Gasteiger partial charge in [0.15, 0.2) is 11.5 Å². The zero-order chi connectivity index (χ0) is 14.2. The van der Waals surface area contributed by atoms with Crippen molar-refractivity contribution >= 4 is 15.9 Å². The summed E-state index contributed by atoms with van der Waals surface area (Å²) in [6.07, 6.45) is 6.18. The maximum absolute atomic E-state index is 6.02. The molecule has 0 spiro atoms. The van der Waals surface area contributed by atoms with E-state index in [0.29, 0.717) is 6.54 Å². The fourth-order valence-corrected chi connectivity index (χ4v) is 3.49. The van der Waals surface area contributed by atoms with Gasteiger partial charge in [-0.05, 0) is 65.2 Å². The van der Waals surface area contributed by atoms with Gasteiger partial charge in [-0.25, -0.2) is 0 Å². The minimum absolute atomic E-state index is 0.145. The van der Waals surface area contributed by atoms with Gasteiger partial charge in [-0.3, -0.25) is 0 Å². The Balaban J connectivity index is 1.90. The van der Waals surface area contributed by atoms with Crippen molar-refractivity contribution in [1.29, 1.82) is 0 Å². The predicted octanol–water partition coefficient (Wildman–Crippen LogP) is 3.63. The van der Waals surface area contributed by atoms with Gasteiger partial charge in [0.25, 0.3) is 0 Å². The molecule has 0 heterocycles. The molecule has 3 rings (SSSR count). The summed E-state index contributed by atoms with van der Waals surface area (Å²) in [6, 6.07) is 4.28.